The zero-order valence-electron chi connectivity index (χ0n) is 14.0. The van der Waals surface area contributed by atoms with Crippen LogP contribution >= 0.6 is 0 Å². The first-order chi connectivity index (χ1) is 9.01. The molecule has 0 amide bonds. The molecule has 1 aromatic carbocycles. The Bertz CT molecular complexity index is 482. The number of hydrogen-bond acceptors (Lipinski definition) is 2. The Morgan fingerprint density at radius 3 is 2.20 bits per heavy atom. The van der Waals surface area contributed by atoms with Crippen LogP contribution in [0.4, 0.5) is 5.69 Å². The molecule has 0 bridgehead atoms. The summed E-state index contributed by atoms with van der Waals surface area (Å²) in [7, 11) is 0. The number of benzene rings is 1. The van der Waals surface area contributed by atoms with E-state index in [4.69, 9.17) is 4.74 Å². The smallest absolute Gasteiger partial charge is 0.0834 e. The fourth-order valence-corrected chi connectivity index (χ4v) is 3.24. The molecule has 1 aliphatic rings. The van der Waals surface area contributed by atoms with E-state index < -0.39 is 0 Å². The maximum atomic E-state index is 6.18. The fourth-order valence-electron chi connectivity index (χ4n) is 3.24. The van der Waals surface area contributed by atoms with Crippen molar-refractivity contribution in [3.63, 3.8) is 0 Å². The normalized spacial score (nSPS) is 24.6. The Labute approximate surface area is 123 Å². The highest BCUT2D eigenvalue weighted by Gasteiger charge is 2.46. The van der Waals surface area contributed by atoms with Crippen molar-refractivity contribution >= 4 is 5.69 Å². The van der Waals surface area contributed by atoms with E-state index in [1.807, 2.05) is 0 Å². The van der Waals surface area contributed by atoms with Crippen molar-refractivity contribution in [2.24, 2.45) is 0 Å². The van der Waals surface area contributed by atoms with Gasteiger partial charge in [-0.05, 0) is 51.2 Å². The molecule has 2 heteroatoms. The Morgan fingerprint density at radius 2 is 1.70 bits per heavy atom. The van der Waals surface area contributed by atoms with E-state index in [0.717, 1.165) is 6.42 Å². The average Bonchev–Trinajstić information content (AvgIpc) is 2.45. The molecule has 2 nitrogen and oxygen atoms in total. The number of nitrogens with one attached hydrogen (secondary N) is 1. The molecular weight excluding hydrogens is 246 g/mol. The van der Waals surface area contributed by atoms with Gasteiger partial charge in [0.1, 0.15) is 0 Å². The van der Waals surface area contributed by atoms with Crippen LogP contribution in [-0.4, -0.2) is 17.2 Å². The van der Waals surface area contributed by atoms with Crippen molar-refractivity contribution in [2.75, 3.05) is 5.32 Å². The van der Waals surface area contributed by atoms with Gasteiger partial charge in [-0.1, -0.05) is 39.0 Å². The monoisotopic (exact) mass is 275 g/mol. The number of rotatable bonds is 2. The second-order valence-corrected chi connectivity index (χ2v) is 8.16. The van der Waals surface area contributed by atoms with Gasteiger partial charge in [-0.15, -0.1) is 0 Å². The highest BCUT2D eigenvalue weighted by Crippen LogP contribution is 2.40. The van der Waals surface area contributed by atoms with Gasteiger partial charge in [-0.2, -0.15) is 0 Å². The summed E-state index contributed by atoms with van der Waals surface area (Å²) in [4.78, 5) is 0. The van der Waals surface area contributed by atoms with E-state index in [1.54, 1.807) is 0 Å². The van der Waals surface area contributed by atoms with Crippen molar-refractivity contribution in [3.05, 3.63) is 29.8 Å². The van der Waals surface area contributed by atoms with Crippen LogP contribution in [0, 0.1) is 0 Å². The molecule has 0 aliphatic carbocycles. The van der Waals surface area contributed by atoms with E-state index >= 15 is 0 Å². The van der Waals surface area contributed by atoms with Crippen molar-refractivity contribution in [1.82, 2.24) is 0 Å². The third-order valence-corrected chi connectivity index (χ3v) is 4.14. The van der Waals surface area contributed by atoms with E-state index in [1.165, 1.54) is 11.3 Å². The zero-order valence-corrected chi connectivity index (χ0v) is 14.0. The molecule has 2 rings (SSSR count). The van der Waals surface area contributed by atoms with Crippen molar-refractivity contribution < 1.29 is 4.74 Å². The van der Waals surface area contributed by atoms with Gasteiger partial charge in [0.2, 0.25) is 0 Å². The third-order valence-electron chi connectivity index (χ3n) is 4.14. The molecule has 0 saturated carbocycles. The van der Waals surface area contributed by atoms with Crippen LogP contribution in [0.1, 0.15) is 60.5 Å². The second-order valence-electron chi connectivity index (χ2n) is 8.16. The lowest BCUT2D eigenvalue weighted by molar-refractivity contribution is -0.0662. The average molecular weight is 275 g/mol. The molecule has 1 saturated heterocycles. The summed E-state index contributed by atoms with van der Waals surface area (Å²) >= 11 is 0. The molecule has 1 aliphatic heterocycles. The lowest BCUT2D eigenvalue weighted by atomic mass is 9.85. The van der Waals surface area contributed by atoms with Gasteiger partial charge in [0, 0.05) is 5.69 Å². The Morgan fingerprint density at radius 1 is 1.10 bits per heavy atom. The highest BCUT2D eigenvalue weighted by molar-refractivity contribution is 5.55. The summed E-state index contributed by atoms with van der Waals surface area (Å²) in [6, 6.07) is 8.96. The molecule has 20 heavy (non-hydrogen) atoms. The van der Waals surface area contributed by atoms with Crippen molar-refractivity contribution in [1.29, 1.82) is 0 Å². The second kappa shape index (κ2) is 4.77. The van der Waals surface area contributed by atoms with Crippen LogP contribution < -0.4 is 5.32 Å². The maximum Gasteiger partial charge on any atom is 0.0834 e. The summed E-state index contributed by atoms with van der Waals surface area (Å²) in [6.07, 6.45) is 1.03. The third kappa shape index (κ3) is 3.17. The van der Waals surface area contributed by atoms with Gasteiger partial charge >= 0.3 is 0 Å². The molecule has 1 fully saturated rings. The summed E-state index contributed by atoms with van der Waals surface area (Å²) < 4.78 is 6.18. The molecule has 1 aromatic rings. The first kappa shape index (κ1) is 15.4. The van der Waals surface area contributed by atoms with Crippen molar-refractivity contribution in [2.45, 2.75) is 77.5 Å². The molecule has 0 radical (unpaired) electrons. The van der Waals surface area contributed by atoms with E-state index in [-0.39, 0.29) is 16.6 Å². The number of anilines is 1. The number of ether oxygens (including phenoxy) is 1. The Kier molecular flexibility index (Phi) is 3.66. The van der Waals surface area contributed by atoms with E-state index in [0.29, 0.717) is 6.04 Å². The van der Waals surface area contributed by atoms with Crippen LogP contribution in [0.2, 0.25) is 0 Å². The van der Waals surface area contributed by atoms with Crippen LogP contribution in [0.25, 0.3) is 0 Å². The molecule has 0 spiro atoms. The minimum absolute atomic E-state index is 0.0577. The number of para-hydroxylation sites is 1. The molecule has 1 unspecified atom stereocenters. The first-order valence-electron chi connectivity index (χ1n) is 7.57. The number of hydrogen-bond donors (Lipinski definition) is 1. The van der Waals surface area contributed by atoms with Crippen LogP contribution in [0.15, 0.2) is 24.3 Å². The first-order valence-corrected chi connectivity index (χ1v) is 7.57. The van der Waals surface area contributed by atoms with Gasteiger partial charge in [0.05, 0.1) is 17.2 Å². The maximum absolute atomic E-state index is 6.18. The van der Waals surface area contributed by atoms with Crippen LogP contribution in [0.5, 0.6) is 0 Å². The topological polar surface area (TPSA) is 21.3 Å². The van der Waals surface area contributed by atoms with Crippen LogP contribution in [0.3, 0.4) is 0 Å². The molecule has 1 N–H and O–H groups in total. The van der Waals surface area contributed by atoms with Gasteiger partial charge in [-0.25, -0.2) is 0 Å². The van der Waals surface area contributed by atoms with Gasteiger partial charge in [0.25, 0.3) is 0 Å². The predicted molar refractivity (Wildman–Crippen MR) is 86.4 cm³/mol. The van der Waals surface area contributed by atoms with Crippen LogP contribution in [-0.2, 0) is 10.2 Å². The molecule has 1 atom stereocenters. The van der Waals surface area contributed by atoms with Gasteiger partial charge in [0.15, 0.2) is 0 Å². The van der Waals surface area contributed by atoms with Gasteiger partial charge in [-0.3, -0.25) is 0 Å². The summed E-state index contributed by atoms with van der Waals surface area (Å²) in [5.74, 6) is 0. The minimum atomic E-state index is -0.144. The summed E-state index contributed by atoms with van der Waals surface area (Å²) in [5.41, 5.74) is 2.54. The Hall–Kier alpha value is -1.02. The quantitative estimate of drug-likeness (QED) is 0.841. The zero-order chi connectivity index (χ0) is 15.2. The molecule has 112 valence electrons. The SMILES string of the molecule is CC1(C)CC(Nc2ccccc2C(C)(C)C)C(C)(C)O1. The summed E-state index contributed by atoms with van der Waals surface area (Å²) in [5, 5.41) is 3.74. The fraction of sp³-hybridized carbons (Fsp3) is 0.667. The lowest BCUT2D eigenvalue weighted by Gasteiger charge is -2.31. The molecule has 0 aromatic heterocycles. The largest absolute Gasteiger partial charge is 0.379 e. The Balaban J connectivity index is 2.28. The minimum Gasteiger partial charge on any atom is -0.379 e. The molecule has 1 heterocycles. The van der Waals surface area contributed by atoms with E-state index in [2.05, 4.69) is 78.0 Å². The lowest BCUT2D eigenvalue weighted by Crippen LogP contribution is -2.38. The van der Waals surface area contributed by atoms with Crippen molar-refractivity contribution in [3.8, 4) is 0 Å². The standard InChI is InChI=1S/C18H29NO/c1-16(2,3)13-10-8-9-11-14(13)19-15-12-17(4,5)20-18(15,6)7/h8-11,15,19H,12H2,1-7H3. The van der Waals surface area contributed by atoms with Gasteiger partial charge < -0.3 is 10.1 Å². The van der Waals surface area contributed by atoms with E-state index in [9.17, 15) is 0 Å². The molecular formula is C18H29NO. The summed E-state index contributed by atoms with van der Waals surface area (Å²) in [6.45, 7) is 15.5. The highest BCUT2D eigenvalue weighted by atomic mass is 16.5. The predicted octanol–water partition coefficient (Wildman–Crippen LogP) is 4.74.